The van der Waals surface area contributed by atoms with Gasteiger partial charge >= 0.3 is 0 Å². The molecule has 0 spiro atoms. The van der Waals surface area contributed by atoms with Crippen LogP contribution in [0.2, 0.25) is 10.0 Å². The molecule has 10 heteroatoms. The summed E-state index contributed by atoms with van der Waals surface area (Å²) in [4.78, 5) is 27.4. The molecular formula is C23H29Cl2N3O4S. The molecule has 2 amide bonds. The maximum absolute atomic E-state index is 13.5. The Bertz CT molecular complexity index is 1140. The maximum Gasteiger partial charge on any atom is 0.244 e. The molecule has 0 unspecified atom stereocenters. The fourth-order valence-electron chi connectivity index (χ4n) is 3.42. The molecule has 0 aliphatic carbocycles. The zero-order chi connectivity index (χ0) is 24.9. The van der Waals surface area contributed by atoms with Gasteiger partial charge < -0.3 is 10.2 Å². The van der Waals surface area contributed by atoms with E-state index in [9.17, 15) is 18.0 Å². The zero-order valence-corrected chi connectivity index (χ0v) is 21.7. The fraction of sp³-hybridized carbons (Fsp3) is 0.391. The summed E-state index contributed by atoms with van der Waals surface area (Å²) in [7, 11) is -2.28. The number of anilines is 1. The van der Waals surface area contributed by atoms with E-state index in [0.29, 0.717) is 27.7 Å². The minimum atomic E-state index is -3.77. The number of aryl methyl sites for hydroxylation is 2. The fourth-order valence-corrected chi connectivity index (χ4v) is 4.58. The van der Waals surface area contributed by atoms with Crippen LogP contribution in [0.3, 0.4) is 0 Å². The molecule has 1 N–H and O–H groups in total. The molecule has 2 aromatic carbocycles. The average Bonchev–Trinajstić information content (AvgIpc) is 2.75. The molecule has 1 atom stereocenters. The first-order chi connectivity index (χ1) is 15.4. The third-order valence-electron chi connectivity index (χ3n) is 5.43. The number of hydrogen-bond donors (Lipinski definition) is 1. The summed E-state index contributed by atoms with van der Waals surface area (Å²) in [5, 5.41) is 3.27. The Balaban J connectivity index is 2.46. The van der Waals surface area contributed by atoms with Gasteiger partial charge in [0.2, 0.25) is 21.8 Å². The van der Waals surface area contributed by atoms with E-state index in [1.807, 2.05) is 13.8 Å². The van der Waals surface area contributed by atoms with Crippen molar-refractivity contribution < 1.29 is 18.0 Å². The molecule has 2 aromatic rings. The SMILES string of the molecule is CC[C@H](C(=O)NC)N(Cc1ccc(Cl)c(Cl)c1)C(=O)CN(c1ccc(C)c(C)c1)S(C)(=O)=O. The van der Waals surface area contributed by atoms with Gasteiger partial charge in [-0.05, 0) is 61.2 Å². The topological polar surface area (TPSA) is 86.8 Å². The summed E-state index contributed by atoms with van der Waals surface area (Å²) < 4.78 is 26.3. The van der Waals surface area contributed by atoms with Gasteiger partial charge in [0, 0.05) is 13.6 Å². The van der Waals surface area contributed by atoms with Crippen molar-refractivity contribution in [2.45, 2.75) is 39.8 Å². The van der Waals surface area contributed by atoms with Crippen molar-refractivity contribution >= 4 is 50.7 Å². The van der Waals surface area contributed by atoms with E-state index < -0.39 is 28.5 Å². The molecule has 0 heterocycles. The Morgan fingerprint density at radius 2 is 1.70 bits per heavy atom. The number of sulfonamides is 1. The number of hydrogen-bond acceptors (Lipinski definition) is 4. The van der Waals surface area contributed by atoms with E-state index in [0.717, 1.165) is 21.7 Å². The van der Waals surface area contributed by atoms with E-state index in [1.54, 1.807) is 43.3 Å². The molecule has 180 valence electrons. The second-order valence-electron chi connectivity index (χ2n) is 7.85. The summed E-state index contributed by atoms with van der Waals surface area (Å²) in [6, 6.07) is 9.35. The summed E-state index contributed by atoms with van der Waals surface area (Å²) in [6.07, 6.45) is 1.39. The van der Waals surface area contributed by atoms with Gasteiger partial charge in [0.1, 0.15) is 12.6 Å². The lowest BCUT2D eigenvalue weighted by Gasteiger charge is -2.32. The number of rotatable bonds is 9. The molecule has 33 heavy (non-hydrogen) atoms. The highest BCUT2D eigenvalue weighted by Gasteiger charge is 2.31. The third kappa shape index (κ3) is 6.85. The van der Waals surface area contributed by atoms with Crippen LogP contribution in [-0.4, -0.2) is 51.0 Å². The van der Waals surface area contributed by atoms with E-state index >= 15 is 0 Å². The number of carbonyl (C=O) groups is 2. The van der Waals surface area contributed by atoms with Gasteiger partial charge in [-0.25, -0.2) is 8.42 Å². The third-order valence-corrected chi connectivity index (χ3v) is 7.31. The van der Waals surface area contributed by atoms with Gasteiger partial charge in [-0.2, -0.15) is 0 Å². The molecule has 0 radical (unpaired) electrons. The van der Waals surface area contributed by atoms with Crippen molar-refractivity contribution in [3.63, 3.8) is 0 Å². The number of amides is 2. The number of halogens is 2. The average molecular weight is 514 g/mol. The largest absolute Gasteiger partial charge is 0.357 e. The first-order valence-electron chi connectivity index (χ1n) is 10.4. The smallest absolute Gasteiger partial charge is 0.244 e. The van der Waals surface area contributed by atoms with Crippen LogP contribution in [0.4, 0.5) is 5.69 Å². The van der Waals surface area contributed by atoms with Crippen molar-refractivity contribution in [1.29, 1.82) is 0 Å². The molecule has 0 saturated heterocycles. The van der Waals surface area contributed by atoms with Crippen LogP contribution in [0.5, 0.6) is 0 Å². The first kappa shape index (κ1) is 27.0. The predicted octanol–water partition coefficient (Wildman–Crippen LogP) is 3.93. The normalized spacial score (nSPS) is 12.2. The van der Waals surface area contributed by atoms with Crippen LogP contribution in [-0.2, 0) is 26.2 Å². The van der Waals surface area contributed by atoms with Gasteiger partial charge in [-0.1, -0.05) is 42.3 Å². The van der Waals surface area contributed by atoms with Crippen molar-refractivity contribution in [1.82, 2.24) is 10.2 Å². The Labute approximate surface area is 205 Å². The molecule has 0 saturated carbocycles. The van der Waals surface area contributed by atoms with Crippen molar-refractivity contribution in [3.8, 4) is 0 Å². The minimum Gasteiger partial charge on any atom is -0.357 e. The molecule has 0 aromatic heterocycles. The molecule has 0 aliphatic heterocycles. The van der Waals surface area contributed by atoms with Crippen molar-refractivity contribution in [3.05, 3.63) is 63.1 Å². The number of nitrogens with one attached hydrogen (secondary N) is 1. The van der Waals surface area contributed by atoms with E-state index in [1.165, 1.54) is 11.9 Å². The van der Waals surface area contributed by atoms with Crippen LogP contribution >= 0.6 is 23.2 Å². The number of nitrogens with zero attached hydrogens (tertiary/aromatic N) is 2. The molecule has 0 bridgehead atoms. The van der Waals surface area contributed by atoms with E-state index in [4.69, 9.17) is 23.2 Å². The van der Waals surface area contributed by atoms with Gasteiger partial charge in [-0.15, -0.1) is 0 Å². The van der Waals surface area contributed by atoms with Crippen LogP contribution in [0.25, 0.3) is 0 Å². The molecule has 0 aliphatic rings. The van der Waals surface area contributed by atoms with Gasteiger partial charge in [0.05, 0.1) is 22.0 Å². The maximum atomic E-state index is 13.5. The number of likely N-dealkylation sites (N-methyl/N-ethyl adjacent to an activating group) is 1. The Hall–Kier alpha value is -2.29. The predicted molar refractivity (Wildman–Crippen MR) is 133 cm³/mol. The quantitative estimate of drug-likeness (QED) is 0.550. The van der Waals surface area contributed by atoms with E-state index in [2.05, 4.69) is 5.32 Å². The molecule has 7 nitrogen and oxygen atoms in total. The lowest BCUT2D eigenvalue weighted by molar-refractivity contribution is -0.140. The van der Waals surface area contributed by atoms with Crippen LogP contribution < -0.4 is 9.62 Å². The lowest BCUT2D eigenvalue weighted by Crippen LogP contribution is -2.51. The summed E-state index contributed by atoms with van der Waals surface area (Å²) in [5.74, 6) is -0.858. The van der Waals surface area contributed by atoms with Crippen LogP contribution in [0, 0.1) is 13.8 Å². The van der Waals surface area contributed by atoms with Gasteiger partial charge in [-0.3, -0.25) is 13.9 Å². The lowest BCUT2D eigenvalue weighted by atomic mass is 10.1. The monoisotopic (exact) mass is 513 g/mol. The minimum absolute atomic E-state index is 0.0617. The molecule has 0 fully saturated rings. The van der Waals surface area contributed by atoms with Crippen LogP contribution in [0.15, 0.2) is 36.4 Å². The number of benzene rings is 2. The summed E-state index contributed by atoms with van der Waals surface area (Å²) in [5.41, 5.74) is 2.96. The standard InChI is InChI=1S/C23H29Cl2N3O4S/c1-6-21(23(30)26-4)27(13-17-8-10-19(24)20(25)12-17)22(29)14-28(33(5,31)32)18-9-7-15(2)16(3)11-18/h7-12,21H,6,13-14H2,1-5H3,(H,26,30)/t21-/m1/s1. The highest BCUT2D eigenvalue weighted by Crippen LogP contribution is 2.25. The summed E-state index contributed by atoms with van der Waals surface area (Å²) in [6.45, 7) is 5.19. The Kier molecular flexibility index (Phi) is 9.17. The second-order valence-corrected chi connectivity index (χ2v) is 10.6. The molecule has 2 rings (SSSR count). The van der Waals surface area contributed by atoms with Crippen molar-refractivity contribution in [2.75, 3.05) is 24.2 Å². The van der Waals surface area contributed by atoms with Gasteiger partial charge in [0.15, 0.2) is 0 Å². The highest BCUT2D eigenvalue weighted by molar-refractivity contribution is 7.92. The Morgan fingerprint density at radius 3 is 2.21 bits per heavy atom. The second kappa shape index (κ2) is 11.2. The van der Waals surface area contributed by atoms with E-state index in [-0.39, 0.29) is 12.5 Å². The zero-order valence-electron chi connectivity index (χ0n) is 19.4. The highest BCUT2D eigenvalue weighted by atomic mass is 35.5. The van der Waals surface area contributed by atoms with Gasteiger partial charge in [0.25, 0.3) is 0 Å². The molecular weight excluding hydrogens is 485 g/mol. The van der Waals surface area contributed by atoms with Crippen LogP contribution in [0.1, 0.15) is 30.0 Å². The number of carbonyl (C=O) groups excluding carboxylic acids is 2. The first-order valence-corrected chi connectivity index (χ1v) is 13.0. The Morgan fingerprint density at radius 1 is 1.03 bits per heavy atom. The van der Waals surface area contributed by atoms with Crippen molar-refractivity contribution in [2.24, 2.45) is 0 Å². The summed E-state index contributed by atoms with van der Waals surface area (Å²) >= 11 is 12.1.